The fourth-order valence-electron chi connectivity index (χ4n) is 1.49. The lowest BCUT2D eigenvalue weighted by Crippen LogP contribution is -2.29. The second-order valence-corrected chi connectivity index (χ2v) is 4.01. The zero-order chi connectivity index (χ0) is 15.2. The zero-order valence-corrected chi connectivity index (χ0v) is 10.7. The molecular formula is C14H11N3O4. The highest BCUT2D eigenvalue weighted by atomic mass is 16.4. The van der Waals surface area contributed by atoms with Crippen LogP contribution in [0.1, 0.15) is 10.4 Å². The minimum atomic E-state index is -1.07. The van der Waals surface area contributed by atoms with E-state index in [0.29, 0.717) is 5.69 Å². The normalized spacial score (nSPS) is 9.71. The molecule has 0 unspecified atom stereocenters. The van der Waals surface area contributed by atoms with Crippen LogP contribution < -0.4 is 10.6 Å². The van der Waals surface area contributed by atoms with E-state index in [0.717, 1.165) is 0 Å². The van der Waals surface area contributed by atoms with E-state index in [1.807, 2.05) is 0 Å². The second kappa shape index (κ2) is 6.29. The predicted octanol–water partition coefficient (Wildman–Crippen LogP) is 1.36. The Morgan fingerprint density at radius 2 is 1.57 bits per heavy atom. The van der Waals surface area contributed by atoms with Crippen LogP contribution in [0.4, 0.5) is 11.5 Å². The molecule has 0 radical (unpaired) electrons. The first-order chi connectivity index (χ1) is 10.1. The Labute approximate surface area is 119 Å². The van der Waals surface area contributed by atoms with Gasteiger partial charge in [-0.2, -0.15) is 0 Å². The zero-order valence-electron chi connectivity index (χ0n) is 10.7. The van der Waals surface area contributed by atoms with Crippen molar-refractivity contribution in [3.05, 3.63) is 54.2 Å². The lowest BCUT2D eigenvalue weighted by Gasteiger charge is -2.06. The number of aromatic nitrogens is 1. The number of anilines is 2. The van der Waals surface area contributed by atoms with E-state index >= 15 is 0 Å². The summed E-state index contributed by atoms with van der Waals surface area (Å²) >= 11 is 0. The number of amides is 2. The van der Waals surface area contributed by atoms with E-state index in [1.54, 1.807) is 18.2 Å². The highest BCUT2D eigenvalue weighted by Crippen LogP contribution is 2.09. The lowest BCUT2D eigenvalue weighted by molar-refractivity contribution is -0.133. The quantitative estimate of drug-likeness (QED) is 0.738. The van der Waals surface area contributed by atoms with Gasteiger partial charge in [-0.15, -0.1) is 0 Å². The van der Waals surface area contributed by atoms with Crippen LogP contribution in [0.2, 0.25) is 0 Å². The summed E-state index contributed by atoms with van der Waals surface area (Å²) in [5.41, 5.74) is 0.409. The third-order valence-corrected chi connectivity index (χ3v) is 2.50. The monoisotopic (exact) mass is 285 g/mol. The van der Waals surface area contributed by atoms with Crippen molar-refractivity contribution >= 4 is 29.3 Å². The van der Waals surface area contributed by atoms with E-state index in [4.69, 9.17) is 5.11 Å². The summed E-state index contributed by atoms with van der Waals surface area (Å²) in [7, 11) is 0. The van der Waals surface area contributed by atoms with Crippen LogP contribution in [0.3, 0.4) is 0 Å². The molecule has 1 heterocycles. The molecule has 0 atom stereocenters. The van der Waals surface area contributed by atoms with Gasteiger partial charge in [0, 0.05) is 11.9 Å². The maximum Gasteiger partial charge on any atom is 0.335 e. The first kappa shape index (κ1) is 14.2. The molecule has 21 heavy (non-hydrogen) atoms. The average molecular weight is 285 g/mol. The largest absolute Gasteiger partial charge is 0.478 e. The lowest BCUT2D eigenvalue weighted by atomic mass is 10.2. The van der Waals surface area contributed by atoms with Crippen molar-refractivity contribution in [2.45, 2.75) is 0 Å². The second-order valence-electron chi connectivity index (χ2n) is 4.01. The number of hydrogen-bond acceptors (Lipinski definition) is 4. The molecule has 0 saturated carbocycles. The molecule has 0 aliphatic heterocycles. The smallest absolute Gasteiger partial charge is 0.335 e. The van der Waals surface area contributed by atoms with Gasteiger partial charge in [0.05, 0.1) is 5.56 Å². The van der Waals surface area contributed by atoms with Crippen molar-refractivity contribution in [3.63, 3.8) is 0 Å². The molecule has 7 nitrogen and oxygen atoms in total. The van der Waals surface area contributed by atoms with Crippen LogP contribution >= 0.6 is 0 Å². The highest BCUT2D eigenvalue weighted by Gasteiger charge is 2.14. The fraction of sp³-hybridized carbons (Fsp3) is 0. The predicted molar refractivity (Wildman–Crippen MR) is 74.9 cm³/mol. The van der Waals surface area contributed by atoms with Crippen molar-refractivity contribution in [3.8, 4) is 0 Å². The van der Waals surface area contributed by atoms with E-state index in [9.17, 15) is 14.4 Å². The van der Waals surface area contributed by atoms with Gasteiger partial charge < -0.3 is 15.7 Å². The number of nitrogens with zero attached hydrogens (tertiary/aromatic N) is 1. The summed E-state index contributed by atoms with van der Waals surface area (Å²) < 4.78 is 0. The molecule has 0 aliphatic carbocycles. The topological polar surface area (TPSA) is 108 Å². The van der Waals surface area contributed by atoms with Gasteiger partial charge in [-0.05, 0) is 36.4 Å². The first-order valence-corrected chi connectivity index (χ1v) is 5.93. The van der Waals surface area contributed by atoms with Crippen molar-refractivity contribution < 1.29 is 19.5 Å². The number of pyridine rings is 1. The van der Waals surface area contributed by atoms with Crippen molar-refractivity contribution in [2.24, 2.45) is 0 Å². The Morgan fingerprint density at radius 3 is 2.14 bits per heavy atom. The molecule has 2 aromatic rings. The van der Waals surface area contributed by atoms with Crippen molar-refractivity contribution in [2.75, 3.05) is 10.6 Å². The molecule has 0 spiro atoms. The van der Waals surface area contributed by atoms with E-state index in [-0.39, 0.29) is 11.4 Å². The number of benzene rings is 1. The SMILES string of the molecule is O=C(Nc1ccc(C(=O)O)cc1)C(=O)Nc1ccccn1. The van der Waals surface area contributed by atoms with Crippen LogP contribution in [-0.4, -0.2) is 27.9 Å². The maximum absolute atomic E-state index is 11.7. The first-order valence-electron chi connectivity index (χ1n) is 5.93. The van der Waals surface area contributed by atoms with E-state index in [2.05, 4.69) is 15.6 Å². The highest BCUT2D eigenvalue weighted by molar-refractivity contribution is 6.43. The number of carbonyl (C=O) groups is 3. The van der Waals surface area contributed by atoms with Crippen molar-refractivity contribution in [1.29, 1.82) is 0 Å². The Balaban J connectivity index is 1.97. The van der Waals surface area contributed by atoms with Gasteiger partial charge in [-0.1, -0.05) is 6.07 Å². The number of rotatable bonds is 3. The molecule has 3 N–H and O–H groups in total. The Kier molecular flexibility index (Phi) is 4.25. The summed E-state index contributed by atoms with van der Waals surface area (Å²) in [6, 6.07) is 10.4. The van der Waals surface area contributed by atoms with Gasteiger partial charge in [0.2, 0.25) is 0 Å². The van der Waals surface area contributed by atoms with Gasteiger partial charge in [0.15, 0.2) is 0 Å². The number of nitrogens with one attached hydrogen (secondary N) is 2. The molecule has 0 aliphatic rings. The van der Waals surface area contributed by atoms with Crippen LogP contribution in [0.25, 0.3) is 0 Å². The molecule has 0 fully saturated rings. The Hall–Kier alpha value is -3.22. The van der Waals surface area contributed by atoms with Gasteiger partial charge in [0.1, 0.15) is 5.82 Å². The van der Waals surface area contributed by atoms with Gasteiger partial charge >= 0.3 is 17.8 Å². The Morgan fingerprint density at radius 1 is 0.905 bits per heavy atom. The van der Waals surface area contributed by atoms with E-state index in [1.165, 1.54) is 30.5 Å². The van der Waals surface area contributed by atoms with Crippen LogP contribution in [0.5, 0.6) is 0 Å². The summed E-state index contributed by atoms with van der Waals surface area (Å²) in [6.07, 6.45) is 1.48. The van der Waals surface area contributed by atoms with Crippen LogP contribution in [0, 0.1) is 0 Å². The summed E-state index contributed by atoms with van der Waals surface area (Å²) in [4.78, 5) is 37.9. The maximum atomic E-state index is 11.7. The number of aromatic carboxylic acids is 1. The Bertz CT molecular complexity index is 668. The summed E-state index contributed by atoms with van der Waals surface area (Å²) in [5.74, 6) is -2.54. The molecule has 2 rings (SSSR count). The molecular weight excluding hydrogens is 274 g/mol. The molecule has 0 saturated heterocycles. The van der Waals surface area contributed by atoms with Crippen LogP contribution in [0.15, 0.2) is 48.7 Å². The molecule has 0 bridgehead atoms. The van der Waals surface area contributed by atoms with Gasteiger partial charge in [-0.25, -0.2) is 9.78 Å². The van der Waals surface area contributed by atoms with Crippen LogP contribution in [-0.2, 0) is 9.59 Å². The number of carboxylic acids is 1. The molecule has 7 heteroatoms. The summed E-state index contributed by atoms with van der Waals surface area (Å²) in [6.45, 7) is 0. The molecule has 106 valence electrons. The number of hydrogen-bond donors (Lipinski definition) is 3. The minimum Gasteiger partial charge on any atom is -0.478 e. The number of carbonyl (C=O) groups excluding carboxylic acids is 2. The van der Waals surface area contributed by atoms with E-state index < -0.39 is 17.8 Å². The molecule has 1 aromatic heterocycles. The molecule has 1 aromatic carbocycles. The molecule has 2 amide bonds. The van der Waals surface area contributed by atoms with Crippen molar-refractivity contribution in [1.82, 2.24) is 4.98 Å². The van der Waals surface area contributed by atoms with Gasteiger partial charge in [0.25, 0.3) is 0 Å². The number of carboxylic acid groups (broad SMARTS) is 1. The fourth-order valence-corrected chi connectivity index (χ4v) is 1.49. The standard InChI is InChI=1S/C14H11N3O4/c18-12(13(19)17-11-3-1-2-8-15-11)16-10-6-4-9(5-7-10)14(20)21/h1-8H,(H,16,18)(H,20,21)(H,15,17,19). The summed E-state index contributed by atoms with van der Waals surface area (Å²) in [5, 5.41) is 13.4. The third-order valence-electron chi connectivity index (χ3n) is 2.50. The average Bonchev–Trinajstić information content (AvgIpc) is 2.48. The third kappa shape index (κ3) is 3.87. The van der Waals surface area contributed by atoms with Gasteiger partial charge in [-0.3, -0.25) is 9.59 Å². The minimum absolute atomic E-state index is 0.0888.